The molecule has 1 aromatic carbocycles. The first-order chi connectivity index (χ1) is 9.87. The average Bonchev–Trinajstić information content (AvgIpc) is 2.88. The summed E-state index contributed by atoms with van der Waals surface area (Å²) in [6, 6.07) is 2.32. The van der Waals surface area contributed by atoms with Crippen molar-refractivity contribution in [2.45, 2.75) is 23.9 Å². The van der Waals surface area contributed by atoms with E-state index in [-0.39, 0.29) is 6.54 Å². The van der Waals surface area contributed by atoms with E-state index in [1.54, 1.807) is 0 Å². The zero-order chi connectivity index (χ0) is 15.6. The lowest BCUT2D eigenvalue weighted by Crippen LogP contribution is -2.34. The molecule has 0 aromatic heterocycles. The summed E-state index contributed by atoms with van der Waals surface area (Å²) in [6.45, 7) is 0.128. The van der Waals surface area contributed by atoms with Crippen molar-refractivity contribution in [2.75, 3.05) is 6.54 Å². The van der Waals surface area contributed by atoms with E-state index in [4.69, 9.17) is 0 Å². The maximum Gasteiger partial charge on any atom is 0.306 e. The Morgan fingerprint density at radius 2 is 2.19 bits per heavy atom. The monoisotopic (exact) mass is 315 g/mol. The summed E-state index contributed by atoms with van der Waals surface area (Å²) in [6.07, 6.45) is 1.28. The number of halogens is 1. The SMILES string of the molecule is O=C=NC1CCCN1S(=O)(=O)c1ccc(F)c([N+](=O)[O-])c1. The van der Waals surface area contributed by atoms with Gasteiger partial charge in [-0.1, -0.05) is 0 Å². The predicted molar refractivity (Wildman–Crippen MR) is 68.1 cm³/mol. The minimum Gasteiger partial charge on any atom is -0.258 e. The lowest BCUT2D eigenvalue weighted by atomic mass is 10.3. The van der Waals surface area contributed by atoms with Crippen molar-refractivity contribution in [3.8, 4) is 0 Å². The van der Waals surface area contributed by atoms with Crippen molar-refractivity contribution in [3.05, 3.63) is 34.1 Å². The Labute approximate surface area is 119 Å². The second-order valence-corrected chi connectivity index (χ2v) is 6.22. The summed E-state index contributed by atoms with van der Waals surface area (Å²) < 4.78 is 39.0. The van der Waals surface area contributed by atoms with Crippen LogP contribution in [0.2, 0.25) is 0 Å². The third-order valence-corrected chi connectivity index (χ3v) is 4.99. The minimum absolute atomic E-state index is 0.128. The van der Waals surface area contributed by atoms with E-state index >= 15 is 0 Å². The van der Waals surface area contributed by atoms with Crippen LogP contribution >= 0.6 is 0 Å². The molecule has 112 valence electrons. The first-order valence-corrected chi connectivity index (χ1v) is 7.34. The fourth-order valence-corrected chi connectivity index (χ4v) is 3.73. The molecular weight excluding hydrogens is 305 g/mol. The Bertz CT molecular complexity index is 729. The first-order valence-electron chi connectivity index (χ1n) is 5.90. The highest BCUT2D eigenvalue weighted by Gasteiger charge is 2.36. The molecule has 1 aliphatic heterocycles. The van der Waals surface area contributed by atoms with Gasteiger partial charge in [0.1, 0.15) is 6.17 Å². The molecule has 1 fully saturated rings. The third kappa shape index (κ3) is 2.82. The molecule has 10 heteroatoms. The zero-order valence-corrected chi connectivity index (χ0v) is 11.4. The maximum atomic E-state index is 13.3. The van der Waals surface area contributed by atoms with Gasteiger partial charge in [0, 0.05) is 12.6 Å². The lowest BCUT2D eigenvalue weighted by Gasteiger charge is -2.19. The van der Waals surface area contributed by atoms with E-state index < -0.39 is 37.5 Å². The van der Waals surface area contributed by atoms with Gasteiger partial charge in [-0.3, -0.25) is 10.1 Å². The lowest BCUT2D eigenvalue weighted by molar-refractivity contribution is -0.387. The van der Waals surface area contributed by atoms with Crippen LogP contribution in [0.25, 0.3) is 0 Å². The number of isocyanates is 1. The molecule has 2 rings (SSSR count). The van der Waals surface area contributed by atoms with Gasteiger partial charge in [0.05, 0.1) is 9.82 Å². The maximum absolute atomic E-state index is 13.3. The molecule has 8 nitrogen and oxygen atoms in total. The summed E-state index contributed by atoms with van der Waals surface area (Å²) in [4.78, 5) is 23.0. The van der Waals surface area contributed by atoms with Gasteiger partial charge in [0.25, 0.3) is 0 Å². The van der Waals surface area contributed by atoms with Gasteiger partial charge in [-0.05, 0) is 25.0 Å². The molecular formula is C11H10FN3O5S. The average molecular weight is 315 g/mol. The highest BCUT2D eigenvalue weighted by molar-refractivity contribution is 7.89. The largest absolute Gasteiger partial charge is 0.306 e. The van der Waals surface area contributed by atoms with Crippen molar-refractivity contribution in [3.63, 3.8) is 0 Å². The van der Waals surface area contributed by atoms with Crippen LogP contribution in [0.15, 0.2) is 28.1 Å². The van der Waals surface area contributed by atoms with Crippen LogP contribution in [0.3, 0.4) is 0 Å². The van der Waals surface area contributed by atoms with Crippen LogP contribution < -0.4 is 0 Å². The molecule has 0 saturated carbocycles. The molecule has 1 unspecified atom stereocenters. The van der Waals surface area contributed by atoms with E-state index in [0.29, 0.717) is 18.9 Å². The van der Waals surface area contributed by atoms with Gasteiger partial charge in [-0.15, -0.1) is 0 Å². The minimum atomic E-state index is -4.09. The van der Waals surface area contributed by atoms with E-state index in [1.807, 2.05) is 0 Å². The number of sulfonamides is 1. The summed E-state index contributed by atoms with van der Waals surface area (Å²) in [7, 11) is -4.09. The van der Waals surface area contributed by atoms with E-state index in [0.717, 1.165) is 16.4 Å². The summed E-state index contributed by atoms with van der Waals surface area (Å²) in [5, 5.41) is 10.7. The van der Waals surface area contributed by atoms with Crippen molar-refractivity contribution < 1.29 is 22.5 Å². The van der Waals surface area contributed by atoms with Crippen molar-refractivity contribution in [1.82, 2.24) is 4.31 Å². The quantitative estimate of drug-likeness (QED) is 0.358. The zero-order valence-electron chi connectivity index (χ0n) is 10.6. The Balaban J connectivity index is 2.47. The fraction of sp³-hybridized carbons (Fsp3) is 0.364. The number of hydrogen-bond acceptors (Lipinski definition) is 6. The van der Waals surface area contributed by atoms with Gasteiger partial charge >= 0.3 is 5.69 Å². The normalized spacial score (nSPS) is 19.2. The Morgan fingerprint density at radius 3 is 2.81 bits per heavy atom. The molecule has 0 radical (unpaired) electrons. The number of rotatable bonds is 4. The molecule has 1 aromatic rings. The molecule has 1 aliphatic rings. The van der Waals surface area contributed by atoms with Crippen LogP contribution in [0.1, 0.15) is 12.8 Å². The topological polar surface area (TPSA) is 110 Å². The summed E-state index contributed by atoms with van der Waals surface area (Å²) in [5.74, 6) is -1.12. The van der Waals surface area contributed by atoms with Gasteiger partial charge in [0.15, 0.2) is 0 Å². The smallest absolute Gasteiger partial charge is 0.258 e. The molecule has 1 atom stereocenters. The van der Waals surface area contributed by atoms with E-state index in [1.165, 1.54) is 6.08 Å². The summed E-state index contributed by atoms with van der Waals surface area (Å²) in [5.41, 5.74) is -0.925. The van der Waals surface area contributed by atoms with Crippen molar-refractivity contribution in [1.29, 1.82) is 0 Å². The second-order valence-electron chi connectivity index (χ2n) is 4.33. The number of nitro groups is 1. The molecule has 0 amide bonds. The highest BCUT2D eigenvalue weighted by Crippen LogP contribution is 2.29. The number of nitrogens with zero attached hydrogens (tertiary/aromatic N) is 3. The van der Waals surface area contributed by atoms with Gasteiger partial charge in [-0.25, -0.2) is 13.2 Å². The molecule has 1 saturated heterocycles. The fourth-order valence-electron chi connectivity index (χ4n) is 2.12. The van der Waals surface area contributed by atoms with Gasteiger partial charge in [-0.2, -0.15) is 13.7 Å². The molecule has 0 spiro atoms. The van der Waals surface area contributed by atoms with Crippen LogP contribution in [0.4, 0.5) is 10.1 Å². The first kappa shape index (κ1) is 15.2. The highest BCUT2D eigenvalue weighted by atomic mass is 32.2. The van der Waals surface area contributed by atoms with Crippen LogP contribution in [-0.4, -0.2) is 36.4 Å². The number of benzene rings is 1. The third-order valence-electron chi connectivity index (χ3n) is 3.10. The van der Waals surface area contributed by atoms with Crippen molar-refractivity contribution >= 4 is 21.8 Å². The second kappa shape index (κ2) is 5.68. The molecule has 0 bridgehead atoms. The number of aliphatic imine (C=N–C) groups is 1. The van der Waals surface area contributed by atoms with Crippen molar-refractivity contribution in [2.24, 2.45) is 4.99 Å². The Kier molecular flexibility index (Phi) is 4.12. The van der Waals surface area contributed by atoms with Crippen LogP contribution in [0.5, 0.6) is 0 Å². The van der Waals surface area contributed by atoms with E-state index in [2.05, 4.69) is 4.99 Å². The number of carbonyl (C=O) groups excluding carboxylic acids is 1. The van der Waals surface area contributed by atoms with Gasteiger partial charge < -0.3 is 0 Å². The standard InChI is InChI=1S/C11H10FN3O5S/c12-9-4-3-8(6-10(9)15(17)18)21(19,20)14-5-1-2-11(14)13-7-16/h3-4,6,11H,1-2,5H2. The van der Waals surface area contributed by atoms with Crippen LogP contribution in [-0.2, 0) is 14.8 Å². The van der Waals surface area contributed by atoms with Crippen LogP contribution in [0, 0.1) is 15.9 Å². The van der Waals surface area contributed by atoms with Gasteiger partial charge in [0.2, 0.25) is 21.9 Å². The molecule has 0 N–H and O–H groups in total. The Hall–Kier alpha value is -2.16. The number of nitro benzene ring substituents is 1. The molecule has 21 heavy (non-hydrogen) atoms. The number of hydrogen-bond donors (Lipinski definition) is 0. The van der Waals surface area contributed by atoms with E-state index in [9.17, 15) is 27.7 Å². The Morgan fingerprint density at radius 1 is 1.48 bits per heavy atom. The predicted octanol–water partition coefficient (Wildman–Crippen LogP) is 1.18. The summed E-state index contributed by atoms with van der Waals surface area (Å²) >= 11 is 0. The molecule has 0 aliphatic carbocycles. The molecule has 1 heterocycles.